The van der Waals surface area contributed by atoms with Crippen molar-refractivity contribution in [2.24, 2.45) is 11.8 Å². The zero-order chi connectivity index (χ0) is 18.0. The molecule has 1 saturated heterocycles. The molecule has 5 nitrogen and oxygen atoms in total. The van der Waals surface area contributed by atoms with Crippen LogP contribution in [0.2, 0.25) is 0 Å². The van der Waals surface area contributed by atoms with E-state index in [2.05, 4.69) is 17.0 Å². The number of hydrogen-bond donors (Lipinski definition) is 1. The van der Waals surface area contributed by atoms with Crippen LogP contribution in [0.3, 0.4) is 0 Å². The summed E-state index contributed by atoms with van der Waals surface area (Å²) in [5, 5.41) is 9.55. The fraction of sp³-hybridized carbons (Fsp3) is 0.500. The van der Waals surface area contributed by atoms with Gasteiger partial charge in [-0.2, -0.15) is 0 Å². The molecule has 134 valence electrons. The van der Waals surface area contributed by atoms with Crippen molar-refractivity contribution in [1.29, 1.82) is 0 Å². The third-order valence-corrected chi connectivity index (χ3v) is 5.61. The zero-order valence-corrected chi connectivity index (χ0v) is 14.9. The highest BCUT2D eigenvalue weighted by atomic mass is 16.4. The molecule has 0 saturated carbocycles. The maximum absolute atomic E-state index is 13.0. The number of piperazine rings is 1. The molecule has 3 rings (SSSR count). The van der Waals surface area contributed by atoms with Gasteiger partial charge in [-0.3, -0.25) is 9.59 Å². The largest absolute Gasteiger partial charge is 0.481 e. The quantitative estimate of drug-likeness (QED) is 0.858. The zero-order valence-electron chi connectivity index (χ0n) is 14.9. The Hall–Kier alpha value is -2.30. The number of nitrogens with zero attached hydrogens (tertiary/aromatic N) is 2. The minimum atomic E-state index is -0.854. The average Bonchev–Trinajstić information content (AvgIpc) is 2.63. The minimum absolute atomic E-state index is 0.00645. The van der Waals surface area contributed by atoms with E-state index in [9.17, 15) is 14.7 Å². The number of aliphatic carboxylic acids is 1. The van der Waals surface area contributed by atoms with E-state index >= 15 is 0 Å². The number of amides is 1. The van der Waals surface area contributed by atoms with Gasteiger partial charge in [0, 0.05) is 31.9 Å². The van der Waals surface area contributed by atoms with Crippen molar-refractivity contribution in [3.8, 4) is 0 Å². The molecule has 1 fully saturated rings. The Balaban J connectivity index is 1.66. The molecule has 25 heavy (non-hydrogen) atoms. The van der Waals surface area contributed by atoms with Crippen molar-refractivity contribution in [2.75, 3.05) is 31.1 Å². The van der Waals surface area contributed by atoms with E-state index in [0.717, 1.165) is 18.7 Å². The predicted molar refractivity (Wildman–Crippen MR) is 97.5 cm³/mol. The maximum atomic E-state index is 13.0. The Morgan fingerprint density at radius 1 is 0.920 bits per heavy atom. The second-order valence-corrected chi connectivity index (χ2v) is 7.17. The molecule has 1 aromatic rings. The Labute approximate surface area is 148 Å². The Morgan fingerprint density at radius 3 is 2.04 bits per heavy atom. The normalized spacial score (nSPS) is 24.4. The number of benzene rings is 1. The molecular formula is C20H26N2O3. The van der Waals surface area contributed by atoms with Crippen LogP contribution < -0.4 is 4.90 Å². The van der Waals surface area contributed by atoms with Crippen LogP contribution in [-0.2, 0) is 9.59 Å². The third-order valence-electron chi connectivity index (χ3n) is 5.61. The summed E-state index contributed by atoms with van der Waals surface area (Å²) in [5.74, 6) is -1.87. The number of rotatable bonds is 3. The van der Waals surface area contributed by atoms with Crippen LogP contribution in [0, 0.1) is 11.8 Å². The number of carboxylic acids is 1. The summed E-state index contributed by atoms with van der Waals surface area (Å²) in [4.78, 5) is 28.8. The number of anilines is 1. The van der Waals surface area contributed by atoms with Crippen molar-refractivity contribution >= 4 is 17.6 Å². The van der Waals surface area contributed by atoms with E-state index in [-0.39, 0.29) is 5.91 Å². The summed E-state index contributed by atoms with van der Waals surface area (Å²) in [6.07, 6.45) is 1.06. The fourth-order valence-corrected chi connectivity index (χ4v) is 3.87. The molecular weight excluding hydrogens is 316 g/mol. The van der Waals surface area contributed by atoms with Gasteiger partial charge in [-0.25, -0.2) is 0 Å². The topological polar surface area (TPSA) is 60.9 Å². The second kappa shape index (κ2) is 7.30. The van der Waals surface area contributed by atoms with Gasteiger partial charge in [-0.05, 0) is 38.8 Å². The Bertz CT molecular complexity index is 675. The molecule has 0 aromatic heterocycles. The molecule has 0 unspecified atom stereocenters. The molecule has 1 N–H and O–H groups in total. The van der Waals surface area contributed by atoms with Gasteiger partial charge in [-0.15, -0.1) is 0 Å². The number of allylic oxidation sites excluding steroid dienone is 2. The predicted octanol–water partition coefficient (Wildman–Crippen LogP) is 2.78. The molecule has 5 heteroatoms. The molecule has 2 aliphatic rings. The van der Waals surface area contributed by atoms with Gasteiger partial charge >= 0.3 is 5.97 Å². The van der Waals surface area contributed by atoms with E-state index in [4.69, 9.17) is 0 Å². The lowest BCUT2D eigenvalue weighted by molar-refractivity contribution is -0.151. The van der Waals surface area contributed by atoms with Crippen LogP contribution in [0.4, 0.5) is 5.69 Å². The molecule has 1 amide bonds. The van der Waals surface area contributed by atoms with Gasteiger partial charge in [0.1, 0.15) is 0 Å². The van der Waals surface area contributed by atoms with E-state index in [1.165, 1.54) is 11.3 Å². The number of para-hydroxylation sites is 1. The average molecular weight is 342 g/mol. The lowest BCUT2D eigenvalue weighted by atomic mass is 9.76. The highest BCUT2D eigenvalue weighted by molar-refractivity contribution is 5.86. The standard InChI is InChI=1S/C20H26N2O3/c1-14-12-17(18(20(24)25)13-15(14)2)19(23)22-10-8-21(9-11-22)16-6-4-3-5-7-16/h3-7,17-18H,8-13H2,1-2H3,(H,24,25)/t17-,18+/m0/s1. The maximum Gasteiger partial charge on any atom is 0.307 e. The highest BCUT2D eigenvalue weighted by Gasteiger charge is 2.39. The minimum Gasteiger partial charge on any atom is -0.481 e. The summed E-state index contributed by atoms with van der Waals surface area (Å²) in [7, 11) is 0. The van der Waals surface area contributed by atoms with Gasteiger partial charge in [-0.1, -0.05) is 29.3 Å². The van der Waals surface area contributed by atoms with Crippen LogP contribution in [0.5, 0.6) is 0 Å². The molecule has 0 spiro atoms. The monoisotopic (exact) mass is 342 g/mol. The van der Waals surface area contributed by atoms with Crippen molar-refractivity contribution in [3.05, 3.63) is 41.5 Å². The van der Waals surface area contributed by atoms with E-state index in [0.29, 0.717) is 25.9 Å². The Kier molecular flexibility index (Phi) is 5.11. The van der Waals surface area contributed by atoms with Gasteiger partial charge in [0.25, 0.3) is 0 Å². The molecule has 1 heterocycles. The summed E-state index contributed by atoms with van der Waals surface area (Å²) in [6.45, 7) is 6.87. The lowest BCUT2D eigenvalue weighted by Crippen LogP contribution is -2.52. The number of carboxylic acid groups (broad SMARTS) is 1. The number of carbonyl (C=O) groups excluding carboxylic acids is 1. The summed E-state index contributed by atoms with van der Waals surface area (Å²) in [6, 6.07) is 10.2. The first-order valence-corrected chi connectivity index (χ1v) is 8.94. The summed E-state index contributed by atoms with van der Waals surface area (Å²) >= 11 is 0. The van der Waals surface area contributed by atoms with E-state index < -0.39 is 17.8 Å². The summed E-state index contributed by atoms with van der Waals surface area (Å²) in [5.41, 5.74) is 3.45. The number of carbonyl (C=O) groups is 2. The molecule has 2 atom stereocenters. The van der Waals surface area contributed by atoms with Gasteiger partial charge in [0.2, 0.25) is 5.91 Å². The molecule has 1 aromatic carbocycles. The van der Waals surface area contributed by atoms with Crippen molar-refractivity contribution in [3.63, 3.8) is 0 Å². The second-order valence-electron chi connectivity index (χ2n) is 7.17. The first-order valence-electron chi connectivity index (χ1n) is 8.94. The molecule has 1 aliphatic heterocycles. The third kappa shape index (κ3) is 3.70. The van der Waals surface area contributed by atoms with Crippen LogP contribution in [-0.4, -0.2) is 48.1 Å². The SMILES string of the molecule is CC1=C(C)C[C@@H](C(=O)O)[C@@H](C(=O)N2CCN(c3ccccc3)CC2)C1. The van der Waals surface area contributed by atoms with Gasteiger partial charge in [0.15, 0.2) is 0 Å². The summed E-state index contributed by atoms with van der Waals surface area (Å²) < 4.78 is 0. The van der Waals surface area contributed by atoms with Crippen molar-refractivity contribution in [2.45, 2.75) is 26.7 Å². The van der Waals surface area contributed by atoms with Crippen LogP contribution in [0.15, 0.2) is 41.5 Å². The smallest absolute Gasteiger partial charge is 0.307 e. The van der Waals surface area contributed by atoms with Gasteiger partial charge < -0.3 is 14.9 Å². The van der Waals surface area contributed by atoms with E-state index in [1.807, 2.05) is 36.9 Å². The first-order chi connectivity index (χ1) is 12.0. The van der Waals surface area contributed by atoms with Crippen molar-refractivity contribution in [1.82, 2.24) is 4.90 Å². The first kappa shape index (κ1) is 17.5. The number of hydrogen-bond acceptors (Lipinski definition) is 3. The highest BCUT2D eigenvalue weighted by Crippen LogP contribution is 2.35. The van der Waals surface area contributed by atoms with Crippen molar-refractivity contribution < 1.29 is 14.7 Å². The van der Waals surface area contributed by atoms with Crippen LogP contribution in [0.25, 0.3) is 0 Å². The van der Waals surface area contributed by atoms with Crippen LogP contribution >= 0.6 is 0 Å². The van der Waals surface area contributed by atoms with Crippen LogP contribution in [0.1, 0.15) is 26.7 Å². The molecule has 1 aliphatic carbocycles. The molecule has 0 radical (unpaired) electrons. The Morgan fingerprint density at radius 2 is 1.48 bits per heavy atom. The fourth-order valence-electron chi connectivity index (χ4n) is 3.87. The molecule has 0 bridgehead atoms. The van der Waals surface area contributed by atoms with E-state index in [1.54, 1.807) is 0 Å². The van der Waals surface area contributed by atoms with Gasteiger partial charge in [0.05, 0.1) is 11.8 Å². The lowest BCUT2D eigenvalue weighted by Gasteiger charge is -2.39.